The fourth-order valence-electron chi connectivity index (χ4n) is 3.51. The molecule has 0 fully saturated rings. The molecular weight excluding hydrogens is 310 g/mol. The summed E-state index contributed by atoms with van der Waals surface area (Å²) in [5.41, 5.74) is 6.16. The van der Waals surface area contributed by atoms with Crippen molar-refractivity contribution >= 4 is 27.5 Å². The van der Waals surface area contributed by atoms with E-state index in [2.05, 4.69) is 0 Å². The number of rotatable bonds is 3. The van der Waals surface area contributed by atoms with Gasteiger partial charge in [-0.15, -0.1) is 0 Å². The molecule has 0 aromatic heterocycles. The molecule has 0 radical (unpaired) electrons. The summed E-state index contributed by atoms with van der Waals surface area (Å²) in [7, 11) is 0. The maximum atomic E-state index is 12.4. The van der Waals surface area contributed by atoms with Crippen LogP contribution in [-0.2, 0) is 10.3 Å². The fraction of sp³-hybridized carbons (Fsp3) is 0.0455. The van der Waals surface area contributed by atoms with Gasteiger partial charge in [0.1, 0.15) is 0 Å². The van der Waals surface area contributed by atoms with Crippen LogP contribution in [0.2, 0.25) is 0 Å². The Morgan fingerprint density at radius 1 is 0.680 bits per heavy atom. The van der Waals surface area contributed by atoms with E-state index in [1.54, 1.807) is 12.1 Å². The van der Waals surface area contributed by atoms with Crippen LogP contribution in [0.1, 0.15) is 11.1 Å². The van der Waals surface area contributed by atoms with E-state index in [1.807, 2.05) is 72.8 Å². The van der Waals surface area contributed by atoms with Gasteiger partial charge in [0.25, 0.3) is 0 Å². The Bertz CT molecular complexity index is 1010. The molecule has 0 aliphatic carbocycles. The number of carboxylic acid groups (broad SMARTS) is 1. The van der Waals surface area contributed by atoms with E-state index < -0.39 is 11.5 Å². The van der Waals surface area contributed by atoms with Crippen molar-refractivity contribution in [1.82, 2.24) is 0 Å². The van der Waals surface area contributed by atoms with Gasteiger partial charge in [0.05, 0.1) is 0 Å². The van der Waals surface area contributed by atoms with Crippen molar-refractivity contribution in [3.8, 4) is 0 Å². The number of carbonyl (C=O) groups is 1. The lowest BCUT2D eigenvalue weighted by atomic mass is 9.79. The van der Waals surface area contributed by atoms with Gasteiger partial charge >= 0.3 is 5.97 Å². The van der Waals surface area contributed by atoms with Crippen LogP contribution in [0.15, 0.2) is 84.9 Å². The molecule has 122 valence electrons. The van der Waals surface area contributed by atoms with Crippen LogP contribution in [0.3, 0.4) is 0 Å². The normalized spacial score (nSPS) is 11.7. The molecule has 3 N–H and O–H groups in total. The summed E-state index contributed by atoms with van der Waals surface area (Å²) < 4.78 is 0. The molecule has 0 heterocycles. The number of nitrogens with two attached hydrogens (primary N) is 1. The highest BCUT2D eigenvalue weighted by atomic mass is 16.4. The lowest BCUT2D eigenvalue weighted by Gasteiger charge is -2.28. The highest BCUT2D eigenvalue weighted by Crippen LogP contribution is 2.36. The fourth-order valence-corrected chi connectivity index (χ4v) is 3.51. The summed E-state index contributed by atoms with van der Waals surface area (Å²) in [5.74, 6) is -1.07. The van der Waals surface area contributed by atoms with E-state index in [0.29, 0.717) is 11.1 Å². The zero-order chi connectivity index (χ0) is 17.4. The summed E-state index contributed by atoms with van der Waals surface area (Å²) in [6.45, 7) is 0. The van der Waals surface area contributed by atoms with Crippen LogP contribution in [0.5, 0.6) is 0 Å². The van der Waals surface area contributed by atoms with Gasteiger partial charge in [-0.25, -0.2) is 4.79 Å². The molecule has 0 aliphatic heterocycles. The summed E-state index contributed by atoms with van der Waals surface area (Å²) in [6.07, 6.45) is 0. The van der Waals surface area contributed by atoms with Crippen molar-refractivity contribution in [1.29, 1.82) is 0 Å². The van der Waals surface area contributed by atoms with Crippen molar-refractivity contribution in [2.24, 2.45) is 5.73 Å². The highest BCUT2D eigenvalue weighted by molar-refractivity contribution is 5.99. The first-order valence-electron chi connectivity index (χ1n) is 8.11. The molecule has 0 saturated heterocycles. The molecule has 4 rings (SSSR count). The van der Waals surface area contributed by atoms with Gasteiger partial charge in [-0.05, 0) is 32.7 Å². The molecule has 0 saturated carbocycles. The van der Waals surface area contributed by atoms with E-state index in [9.17, 15) is 9.90 Å². The molecule has 0 unspecified atom stereocenters. The van der Waals surface area contributed by atoms with Crippen molar-refractivity contribution in [3.05, 3.63) is 96.1 Å². The average molecular weight is 327 g/mol. The van der Waals surface area contributed by atoms with Crippen molar-refractivity contribution < 1.29 is 9.90 Å². The minimum absolute atomic E-state index is 0.592. The third kappa shape index (κ3) is 2.29. The molecule has 0 bridgehead atoms. The molecule has 0 atom stereocenters. The molecule has 4 aromatic rings. The Hall–Kier alpha value is -3.17. The molecule has 0 amide bonds. The number of carboxylic acids is 1. The second kappa shape index (κ2) is 5.72. The summed E-state index contributed by atoms with van der Waals surface area (Å²) >= 11 is 0. The van der Waals surface area contributed by atoms with Gasteiger partial charge in [0.15, 0.2) is 5.54 Å². The van der Waals surface area contributed by atoms with Crippen molar-refractivity contribution in [3.63, 3.8) is 0 Å². The third-order valence-corrected chi connectivity index (χ3v) is 4.77. The molecule has 4 aromatic carbocycles. The standard InChI is InChI=1S/C22H17NO2/c23-22(21(24)25,19-13-5-9-15-7-1-3-11-17(15)19)20-14-6-10-16-8-2-4-12-18(16)20/h1-14H,23H2,(H,24,25). The first-order valence-corrected chi connectivity index (χ1v) is 8.11. The topological polar surface area (TPSA) is 63.3 Å². The minimum Gasteiger partial charge on any atom is -0.479 e. The monoisotopic (exact) mass is 327 g/mol. The van der Waals surface area contributed by atoms with Gasteiger partial charge in [0.2, 0.25) is 0 Å². The van der Waals surface area contributed by atoms with E-state index in [0.717, 1.165) is 21.5 Å². The maximum Gasteiger partial charge on any atom is 0.333 e. The van der Waals surface area contributed by atoms with E-state index in [4.69, 9.17) is 5.73 Å². The lowest BCUT2D eigenvalue weighted by Crippen LogP contribution is -2.46. The largest absolute Gasteiger partial charge is 0.479 e. The Kier molecular flexibility index (Phi) is 3.52. The number of aliphatic carboxylic acids is 1. The number of fused-ring (bicyclic) bond motifs is 2. The predicted molar refractivity (Wildman–Crippen MR) is 100 cm³/mol. The van der Waals surface area contributed by atoms with Crippen LogP contribution >= 0.6 is 0 Å². The Labute approximate surface area is 145 Å². The number of hydrogen-bond donors (Lipinski definition) is 2. The SMILES string of the molecule is NC(C(=O)O)(c1cccc2ccccc12)c1cccc2ccccc12. The number of benzene rings is 4. The van der Waals surface area contributed by atoms with Gasteiger partial charge in [-0.3, -0.25) is 0 Å². The average Bonchev–Trinajstić information content (AvgIpc) is 2.66. The van der Waals surface area contributed by atoms with E-state index in [1.165, 1.54) is 0 Å². The molecule has 0 spiro atoms. The molecule has 3 heteroatoms. The van der Waals surface area contributed by atoms with Gasteiger partial charge in [-0.2, -0.15) is 0 Å². The smallest absolute Gasteiger partial charge is 0.333 e. The second-order valence-electron chi connectivity index (χ2n) is 6.17. The first-order chi connectivity index (χ1) is 12.1. The molecule has 25 heavy (non-hydrogen) atoms. The van der Waals surface area contributed by atoms with Gasteiger partial charge in [-0.1, -0.05) is 84.9 Å². The molecule has 3 nitrogen and oxygen atoms in total. The maximum absolute atomic E-state index is 12.4. The third-order valence-electron chi connectivity index (χ3n) is 4.77. The molecular formula is C22H17NO2. The Morgan fingerprint density at radius 3 is 1.52 bits per heavy atom. The van der Waals surface area contributed by atoms with E-state index in [-0.39, 0.29) is 0 Å². The van der Waals surface area contributed by atoms with Crippen LogP contribution in [0.4, 0.5) is 0 Å². The predicted octanol–water partition coefficient (Wildman–Crippen LogP) is 4.28. The summed E-state index contributed by atoms with van der Waals surface area (Å²) in [6, 6.07) is 26.7. The van der Waals surface area contributed by atoms with Gasteiger partial charge < -0.3 is 10.8 Å². The second-order valence-corrected chi connectivity index (χ2v) is 6.17. The van der Waals surface area contributed by atoms with Crippen molar-refractivity contribution in [2.45, 2.75) is 5.54 Å². The number of hydrogen-bond acceptors (Lipinski definition) is 2. The molecule has 0 aliphatic rings. The summed E-state index contributed by atoms with van der Waals surface area (Å²) in [4.78, 5) is 12.4. The quantitative estimate of drug-likeness (QED) is 0.590. The van der Waals surface area contributed by atoms with Crippen molar-refractivity contribution in [2.75, 3.05) is 0 Å². The van der Waals surface area contributed by atoms with E-state index >= 15 is 0 Å². The Balaban J connectivity index is 2.11. The zero-order valence-electron chi connectivity index (χ0n) is 13.5. The van der Waals surface area contributed by atoms with Gasteiger partial charge in [0, 0.05) is 0 Å². The zero-order valence-corrected chi connectivity index (χ0v) is 13.5. The first kappa shape index (κ1) is 15.4. The lowest BCUT2D eigenvalue weighted by molar-refractivity contribution is -0.141. The summed E-state index contributed by atoms with van der Waals surface area (Å²) in [5, 5.41) is 13.8. The minimum atomic E-state index is -1.64. The highest BCUT2D eigenvalue weighted by Gasteiger charge is 2.40. The van der Waals surface area contributed by atoms with Crippen LogP contribution in [0, 0.1) is 0 Å². The Morgan fingerprint density at radius 2 is 1.08 bits per heavy atom. The van der Waals surface area contributed by atoms with Crippen LogP contribution < -0.4 is 5.73 Å². The van der Waals surface area contributed by atoms with Crippen LogP contribution in [0.25, 0.3) is 21.5 Å². The van der Waals surface area contributed by atoms with Crippen LogP contribution in [-0.4, -0.2) is 11.1 Å².